The van der Waals surface area contributed by atoms with E-state index in [1.807, 2.05) is 48.5 Å². The lowest BCUT2D eigenvalue weighted by molar-refractivity contribution is -0.119. The van der Waals surface area contributed by atoms with Gasteiger partial charge in [-0.2, -0.15) is 0 Å². The Morgan fingerprint density at radius 1 is 1.05 bits per heavy atom. The molecule has 0 rings (SSSR count). The summed E-state index contributed by atoms with van der Waals surface area (Å²) < 4.78 is 27.1. The molecule has 0 heterocycles. The molecule has 22 heavy (non-hydrogen) atoms. The third-order valence-corrected chi connectivity index (χ3v) is 5.85. The molecule has 0 aliphatic carbocycles. The van der Waals surface area contributed by atoms with Crippen LogP contribution in [0.1, 0.15) is 48.5 Å². The van der Waals surface area contributed by atoms with Gasteiger partial charge in [0.15, 0.2) is 6.29 Å². The van der Waals surface area contributed by atoms with Crippen molar-refractivity contribution < 1.29 is 18.5 Å². The van der Waals surface area contributed by atoms with Gasteiger partial charge in [-0.1, -0.05) is 0 Å². The fourth-order valence-electron chi connectivity index (χ4n) is 1.51. The van der Waals surface area contributed by atoms with Gasteiger partial charge in [0.1, 0.15) is 0 Å². The summed E-state index contributed by atoms with van der Waals surface area (Å²) in [6.07, 6.45) is -0.281. The van der Waals surface area contributed by atoms with Gasteiger partial charge in [0.2, 0.25) is 0 Å². The van der Waals surface area contributed by atoms with Crippen molar-refractivity contribution in [3.05, 3.63) is 0 Å². The molecule has 0 unspecified atom stereocenters. The average Bonchev–Trinajstić information content (AvgIpc) is 2.33. The molecule has 8 heteroatoms. The van der Waals surface area contributed by atoms with Crippen LogP contribution in [-0.4, -0.2) is 42.5 Å². The molecule has 0 amide bonds. The van der Waals surface area contributed by atoms with Gasteiger partial charge >= 0.3 is 6.64 Å². The van der Waals surface area contributed by atoms with Crippen LogP contribution in [0.2, 0.25) is 0 Å². The van der Waals surface area contributed by atoms with E-state index in [2.05, 4.69) is 4.76 Å². The molecule has 0 saturated carbocycles. The maximum absolute atomic E-state index is 5.76. The van der Waals surface area contributed by atoms with Crippen LogP contribution in [0.25, 0.3) is 0 Å². The molecule has 0 aromatic carbocycles. The summed E-state index contributed by atoms with van der Waals surface area (Å²) in [5.41, 5.74) is 0. The number of thioether (sulfide) groups is 1. The van der Waals surface area contributed by atoms with Gasteiger partial charge in [-0.15, -0.1) is 11.8 Å². The van der Waals surface area contributed by atoms with Crippen molar-refractivity contribution in [2.24, 2.45) is 4.76 Å². The lowest BCUT2D eigenvalue weighted by Gasteiger charge is -2.23. The van der Waals surface area contributed by atoms with E-state index in [1.165, 1.54) is 0 Å². The van der Waals surface area contributed by atoms with Gasteiger partial charge in [0, 0.05) is 13.2 Å². The molecule has 0 saturated heterocycles. The maximum Gasteiger partial charge on any atom is 0.310 e. The van der Waals surface area contributed by atoms with E-state index >= 15 is 0 Å². The topological polar surface area (TPSA) is 49.3 Å². The number of nitrogens with zero attached hydrogens (tertiary/aromatic N) is 1. The van der Waals surface area contributed by atoms with Gasteiger partial charge in [-0.3, -0.25) is 0 Å². The van der Waals surface area contributed by atoms with Gasteiger partial charge in [0.05, 0.1) is 23.0 Å². The second-order valence-electron chi connectivity index (χ2n) is 5.05. The number of rotatable bonds is 11. The zero-order valence-corrected chi connectivity index (χ0v) is 17.2. The molecule has 0 aliphatic heterocycles. The number of ether oxygens (including phenoxy) is 2. The van der Waals surface area contributed by atoms with Crippen molar-refractivity contribution in [3.63, 3.8) is 0 Å². The minimum Gasteiger partial charge on any atom is -0.352 e. The van der Waals surface area contributed by atoms with Crippen LogP contribution < -0.4 is 0 Å². The predicted octanol–water partition coefficient (Wildman–Crippen LogP) is 4.61. The van der Waals surface area contributed by atoms with Crippen LogP contribution in [0, 0.1) is 0 Å². The summed E-state index contributed by atoms with van der Waals surface area (Å²) in [5, 5.41) is 0.828. The third-order valence-electron chi connectivity index (χ3n) is 2.08. The lowest BCUT2D eigenvalue weighted by atomic mass is 10.5. The van der Waals surface area contributed by atoms with Gasteiger partial charge in [0.25, 0.3) is 0 Å². The summed E-state index contributed by atoms with van der Waals surface area (Å²) in [6, 6.07) is 0. The zero-order valence-electron chi connectivity index (χ0n) is 14.7. The highest BCUT2D eigenvalue weighted by Gasteiger charge is 2.22. The molecule has 0 radical (unpaired) electrons. The fourth-order valence-corrected chi connectivity index (χ4v) is 5.74. The highest BCUT2D eigenvalue weighted by Crippen LogP contribution is 2.53. The van der Waals surface area contributed by atoms with E-state index < -0.39 is 6.64 Å². The van der Waals surface area contributed by atoms with Crippen LogP contribution in [-0.2, 0) is 30.3 Å². The van der Waals surface area contributed by atoms with Crippen molar-refractivity contribution in [1.82, 2.24) is 0 Å². The highest BCUT2D eigenvalue weighted by molar-refractivity contribution is 8.15. The van der Waals surface area contributed by atoms with Gasteiger partial charge in [-0.25, -0.2) is 4.76 Å². The first-order valence-electron chi connectivity index (χ1n) is 7.62. The van der Waals surface area contributed by atoms with Crippen LogP contribution >= 0.6 is 18.4 Å². The minimum absolute atomic E-state index is 0.0225. The maximum atomic E-state index is 5.76. The Labute approximate surface area is 144 Å². The second-order valence-corrected chi connectivity index (χ2v) is 9.20. The predicted molar refractivity (Wildman–Crippen MR) is 99.3 cm³/mol. The quantitative estimate of drug-likeness (QED) is 0.229. The van der Waals surface area contributed by atoms with Crippen LogP contribution in [0.15, 0.2) is 4.76 Å². The molecule has 0 aliphatic rings. The lowest BCUT2D eigenvalue weighted by Crippen LogP contribution is -2.20. The van der Waals surface area contributed by atoms with E-state index in [4.69, 9.17) is 30.3 Å². The Morgan fingerprint density at radius 3 is 1.86 bits per heavy atom. The molecule has 0 fully saturated rings. The average molecular weight is 372 g/mol. The second kappa shape index (κ2) is 12.0. The SMILES string of the molecule is CCOC(CS/C(C)=N/P(=S)(OC(C)C)OC(C)C)OCC. The number of hydrogen-bond donors (Lipinski definition) is 0. The van der Waals surface area contributed by atoms with Gasteiger partial charge < -0.3 is 18.5 Å². The smallest absolute Gasteiger partial charge is 0.310 e. The van der Waals surface area contributed by atoms with Crippen molar-refractivity contribution in [1.29, 1.82) is 0 Å². The first-order valence-corrected chi connectivity index (χ1v) is 11.2. The molecule has 0 bridgehead atoms. The van der Waals surface area contributed by atoms with Crippen molar-refractivity contribution in [2.75, 3.05) is 19.0 Å². The van der Waals surface area contributed by atoms with Crippen molar-refractivity contribution in [2.45, 2.75) is 67.0 Å². The molecule has 0 N–H and O–H groups in total. The molecule has 0 spiro atoms. The molecule has 5 nitrogen and oxygen atoms in total. The van der Waals surface area contributed by atoms with E-state index in [0.29, 0.717) is 19.0 Å². The van der Waals surface area contributed by atoms with Gasteiger partial charge in [-0.05, 0) is 60.3 Å². The normalized spacial score (nSPS) is 13.6. The van der Waals surface area contributed by atoms with E-state index in [-0.39, 0.29) is 18.5 Å². The first kappa shape index (κ1) is 22.5. The Bertz CT molecular complexity index is 358. The van der Waals surface area contributed by atoms with Crippen molar-refractivity contribution in [3.8, 4) is 0 Å². The van der Waals surface area contributed by atoms with Crippen LogP contribution in [0.5, 0.6) is 0 Å². The van der Waals surface area contributed by atoms with Crippen LogP contribution in [0.3, 0.4) is 0 Å². The summed E-state index contributed by atoms with van der Waals surface area (Å²) in [4.78, 5) is 0. The Balaban J connectivity index is 4.76. The Hall–Kier alpha value is 0.510. The first-order chi connectivity index (χ1) is 10.2. The molecule has 0 aromatic heterocycles. The molecular formula is C14H30NO4PS2. The van der Waals surface area contributed by atoms with Crippen LogP contribution in [0.4, 0.5) is 0 Å². The molecular weight excluding hydrogens is 341 g/mol. The molecule has 0 atom stereocenters. The Kier molecular flexibility index (Phi) is 12.2. The summed E-state index contributed by atoms with van der Waals surface area (Å²) in [5.74, 6) is 0.662. The number of hydrogen-bond acceptors (Lipinski definition) is 6. The molecule has 132 valence electrons. The molecule has 0 aromatic rings. The van der Waals surface area contributed by atoms with E-state index in [1.54, 1.807) is 11.8 Å². The Morgan fingerprint density at radius 2 is 1.50 bits per heavy atom. The highest BCUT2D eigenvalue weighted by atomic mass is 32.5. The summed E-state index contributed by atoms with van der Waals surface area (Å²) in [7, 11) is 0. The zero-order chi connectivity index (χ0) is 17.2. The van der Waals surface area contributed by atoms with Crippen molar-refractivity contribution >= 4 is 35.3 Å². The monoisotopic (exact) mass is 371 g/mol. The summed E-state index contributed by atoms with van der Waals surface area (Å²) in [6.45, 7) is 12.1. The standard InChI is InChI=1S/C14H30NO4PS2/c1-8-16-14(17-9-2)10-22-13(7)15-20(21,18-11(3)4)19-12(5)6/h11-12,14H,8-10H2,1-7H3/b15-13+. The van der Waals surface area contributed by atoms with E-state index in [9.17, 15) is 0 Å². The fraction of sp³-hybridized carbons (Fsp3) is 0.929. The third kappa shape index (κ3) is 11.1. The van der Waals surface area contributed by atoms with E-state index in [0.717, 1.165) is 5.04 Å². The largest absolute Gasteiger partial charge is 0.352 e. The summed E-state index contributed by atoms with van der Waals surface area (Å²) >= 11 is 7.06. The minimum atomic E-state index is -2.66.